The Morgan fingerprint density at radius 3 is 2.62 bits per heavy atom. The Morgan fingerprint density at radius 1 is 1.38 bits per heavy atom. The van der Waals surface area contributed by atoms with Gasteiger partial charge in [-0.25, -0.2) is 0 Å². The molecule has 2 aliphatic rings. The van der Waals surface area contributed by atoms with Crippen LogP contribution in [0.1, 0.15) is 5.76 Å². The highest BCUT2D eigenvalue weighted by Crippen LogP contribution is 2.32. The Bertz CT molecular complexity index is 403. The molecule has 2 fully saturated rings. The van der Waals surface area contributed by atoms with Crippen LogP contribution in [-0.4, -0.2) is 31.1 Å². The minimum atomic E-state index is 0.428. The van der Waals surface area contributed by atoms with E-state index in [0.717, 1.165) is 49.5 Å². The fourth-order valence-corrected chi connectivity index (χ4v) is 2.85. The summed E-state index contributed by atoms with van der Waals surface area (Å²) in [7, 11) is 0. The summed E-state index contributed by atoms with van der Waals surface area (Å²) in [5.41, 5.74) is 0.960. The molecule has 3 nitrogen and oxygen atoms in total. The lowest BCUT2D eigenvalue weighted by molar-refractivity contribution is 0.427. The summed E-state index contributed by atoms with van der Waals surface area (Å²) in [6, 6.07) is 3.65. The van der Waals surface area contributed by atoms with Crippen LogP contribution in [0.4, 0.5) is 0 Å². The molecule has 2 aliphatic heterocycles. The zero-order valence-corrected chi connectivity index (χ0v) is 9.83. The van der Waals surface area contributed by atoms with Crippen molar-refractivity contribution in [3.8, 4) is 0 Å². The summed E-state index contributed by atoms with van der Waals surface area (Å²) in [6.07, 6.45) is 0. The third-order valence-electron chi connectivity index (χ3n) is 3.63. The number of fused-ring (bicyclic) bond motifs is 1. The van der Waals surface area contributed by atoms with E-state index >= 15 is 0 Å². The van der Waals surface area contributed by atoms with Crippen LogP contribution in [0.25, 0.3) is 5.70 Å². The highest BCUT2D eigenvalue weighted by atomic mass is 35.5. The summed E-state index contributed by atoms with van der Waals surface area (Å²) in [5.74, 6) is 2.32. The van der Waals surface area contributed by atoms with E-state index in [0.29, 0.717) is 5.22 Å². The Hall–Kier alpha value is -0.930. The van der Waals surface area contributed by atoms with Gasteiger partial charge in [-0.1, -0.05) is 6.58 Å². The van der Waals surface area contributed by atoms with Crippen molar-refractivity contribution < 1.29 is 4.42 Å². The number of halogens is 1. The molecule has 2 saturated heterocycles. The summed E-state index contributed by atoms with van der Waals surface area (Å²) < 4.78 is 5.39. The normalized spacial score (nSPS) is 28.4. The summed E-state index contributed by atoms with van der Waals surface area (Å²) >= 11 is 5.77. The van der Waals surface area contributed by atoms with Crippen molar-refractivity contribution in [1.82, 2.24) is 10.2 Å². The molecule has 1 aromatic rings. The molecular formula is C12H15ClN2O. The van der Waals surface area contributed by atoms with Crippen molar-refractivity contribution in [2.45, 2.75) is 0 Å². The maximum Gasteiger partial charge on any atom is 0.194 e. The van der Waals surface area contributed by atoms with Crippen LogP contribution < -0.4 is 5.32 Å². The third kappa shape index (κ3) is 1.64. The van der Waals surface area contributed by atoms with E-state index in [1.807, 2.05) is 6.07 Å². The van der Waals surface area contributed by atoms with Crippen molar-refractivity contribution in [2.75, 3.05) is 26.2 Å². The van der Waals surface area contributed by atoms with E-state index < -0.39 is 0 Å². The average molecular weight is 239 g/mol. The second-order valence-corrected chi connectivity index (χ2v) is 5.01. The van der Waals surface area contributed by atoms with Gasteiger partial charge in [-0.15, -0.1) is 0 Å². The zero-order valence-electron chi connectivity index (χ0n) is 9.08. The standard InChI is InChI=1S/C12H15ClN2O/c1-8(11-2-3-12(13)16-11)15-6-9-4-14-5-10(9)7-15/h2-3,9-10,14H,1,4-7H2. The first-order valence-corrected chi connectivity index (χ1v) is 6.02. The number of hydrogen-bond acceptors (Lipinski definition) is 3. The predicted octanol–water partition coefficient (Wildman–Crippen LogP) is 2.05. The van der Waals surface area contributed by atoms with Crippen molar-refractivity contribution in [3.05, 3.63) is 29.7 Å². The molecule has 2 atom stereocenters. The molecule has 86 valence electrons. The molecule has 16 heavy (non-hydrogen) atoms. The molecule has 4 heteroatoms. The van der Waals surface area contributed by atoms with Gasteiger partial charge in [-0.05, 0) is 35.6 Å². The molecule has 3 rings (SSSR count). The van der Waals surface area contributed by atoms with Gasteiger partial charge in [0.25, 0.3) is 0 Å². The van der Waals surface area contributed by atoms with Crippen LogP contribution in [0, 0.1) is 11.8 Å². The molecule has 0 amide bonds. The molecule has 1 N–H and O–H groups in total. The summed E-state index contributed by atoms with van der Waals surface area (Å²) in [5, 5.41) is 3.85. The SMILES string of the molecule is C=C(c1ccc(Cl)o1)N1CC2CNCC2C1. The highest BCUT2D eigenvalue weighted by Gasteiger charge is 2.36. The second-order valence-electron chi connectivity index (χ2n) is 4.63. The first-order valence-electron chi connectivity index (χ1n) is 5.64. The topological polar surface area (TPSA) is 28.4 Å². The van der Waals surface area contributed by atoms with Crippen molar-refractivity contribution >= 4 is 17.3 Å². The highest BCUT2D eigenvalue weighted by molar-refractivity contribution is 6.28. The van der Waals surface area contributed by atoms with Gasteiger partial charge < -0.3 is 14.6 Å². The van der Waals surface area contributed by atoms with Crippen molar-refractivity contribution in [1.29, 1.82) is 0 Å². The second kappa shape index (κ2) is 3.82. The van der Waals surface area contributed by atoms with Crippen LogP contribution in [0.3, 0.4) is 0 Å². The van der Waals surface area contributed by atoms with Gasteiger partial charge in [0.15, 0.2) is 11.0 Å². The smallest absolute Gasteiger partial charge is 0.194 e. The number of rotatable bonds is 2. The lowest BCUT2D eigenvalue weighted by Crippen LogP contribution is -2.24. The number of nitrogens with zero attached hydrogens (tertiary/aromatic N) is 1. The molecule has 0 bridgehead atoms. The van der Waals surface area contributed by atoms with Gasteiger partial charge in [-0.2, -0.15) is 0 Å². The van der Waals surface area contributed by atoms with Gasteiger partial charge in [0, 0.05) is 26.2 Å². The zero-order chi connectivity index (χ0) is 11.1. The molecule has 2 unspecified atom stereocenters. The van der Waals surface area contributed by atoms with Crippen LogP contribution >= 0.6 is 11.6 Å². The summed E-state index contributed by atoms with van der Waals surface area (Å²) in [4.78, 5) is 2.31. The molecule has 0 saturated carbocycles. The number of furan rings is 1. The van der Waals surface area contributed by atoms with Crippen LogP contribution in [0.5, 0.6) is 0 Å². The third-order valence-corrected chi connectivity index (χ3v) is 3.83. The molecule has 0 radical (unpaired) electrons. The molecule has 1 aromatic heterocycles. The van der Waals surface area contributed by atoms with Gasteiger partial charge in [-0.3, -0.25) is 0 Å². The molecule has 0 aromatic carbocycles. The van der Waals surface area contributed by atoms with Crippen LogP contribution in [-0.2, 0) is 0 Å². The van der Waals surface area contributed by atoms with E-state index in [2.05, 4.69) is 16.8 Å². The fraction of sp³-hybridized carbons (Fsp3) is 0.500. The minimum absolute atomic E-state index is 0.428. The van der Waals surface area contributed by atoms with Gasteiger partial charge in [0.2, 0.25) is 0 Å². The van der Waals surface area contributed by atoms with Crippen molar-refractivity contribution in [3.63, 3.8) is 0 Å². The van der Waals surface area contributed by atoms with Gasteiger partial charge in [0.05, 0.1) is 5.70 Å². The van der Waals surface area contributed by atoms with E-state index in [-0.39, 0.29) is 0 Å². The maximum absolute atomic E-state index is 5.77. The Labute approximate surface area is 100 Å². The molecular weight excluding hydrogens is 224 g/mol. The Balaban J connectivity index is 1.73. The first kappa shape index (κ1) is 10.2. The minimum Gasteiger partial charge on any atom is -0.443 e. The molecule has 0 spiro atoms. The largest absolute Gasteiger partial charge is 0.443 e. The lowest BCUT2D eigenvalue weighted by Gasteiger charge is -2.20. The first-order chi connectivity index (χ1) is 7.74. The summed E-state index contributed by atoms with van der Waals surface area (Å²) in [6.45, 7) is 8.52. The average Bonchev–Trinajstić information content (AvgIpc) is 2.89. The van der Waals surface area contributed by atoms with E-state index in [1.54, 1.807) is 6.07 Å². The molecule has 3 heterocycles. The monoisotopic (exact) mass is 238 g/mol. The number of likely N-dealkylation sites (tertiary alicyclic amines) is 1. The maximum atomic E-state index is 5.77. The number of hydrogen-bond donors (Lipinski definition) is 1. The Morgan fingerprint density at radius 2 is 2.06 bits per heavy atom. The van der Waals surface area contributed by atoms with E-state index in [1.165, 1.54) is 0 Å². The van der Waals surface area contributed by atoms with Crippen LogP contribution in [0.2, 0.25) is 5.22 Å². The van der Waals surface area contributed by atoms with E-state index in [4.69, 9.17) is 16.0 Å². The number of nitrogens with one attached hydrogen (secondary N) is 1. The van der Waals surface area contributed by atoms with Gasteiger partial charge in [0.1, 0.15) is 0 Å². The molecule has 0 aliphatic carbocycles. The Kier molecular flexibility index (Phi) is 2.45. The van der Waals surface area contributed by atoms with Crippen LogP contribution in [0.15, 0.2) is 23.1 Å². The van der Waals surface area contributed by atoms with Crippen molar-refractivity contribution in [2.24, 2.45) is 11.8 Å². The van der Waals surface area contributed by atoms with E-state index in [9.17, 15) is 0 Å². The lowest BCUT2D eigenvalue weighted by atomic mass is 10.0. The quantitative estimate of drug-likeness (QED) is 0.855. The predicted molar refractivity (Wildman–Crippen MR) is 64.2 cm³/mol. The fourth-order valence-electron chi connectivity index (χ4n) is 2.70. The van der Waals surface area contributed by atoms with Gasteiger partial charge >= 0.3 is 0 Å².